The molecule has 4 aromatic rings. The highest BCUT2D eigenvalue weighted by atomic mass is 16.2. The van der Waals surface area contributed by atoms with Crippen LogP contribution in [0.15, 0.2) is 53.3 Å². The fraction of sp³-hybridized carbons (Fsp3) is 0.100. The number of nitrogens with zero attached hydrogens (tertiary/aromatic N) is 3. The lowest BCUT2D eigenvalue weighted by atomic mass is 9.86. The standard InChI is InChI=1S/C20H13N5O2/c21-10-11-5-7-12(8-6-11)13-9-16(26)23-18-17(13)19(27)24-20-22-14-3-1-2-4-15(14)25(18)20/h1-8,13H,9H2,(H,23,26)(H,22,24,27)/t13-/m0/s1. The summed E-state index contributed by atoms with van der Waals surface area (Å²) in [4.78, 5) is 32.6. The van der Waals surface area contributed by atoms with Crippen LogP contribution in [0.3, 0.4) is 0 Å². The van der Waals surface area contributed by atoms with E-state index in [1.54, 1.807) is 28.7 Å². The number of carbonyl (C=O) groups is 1. The monoisotopic (exact) mass is 355 g/mol. The first-order valence-corrected chi connectivity index (χ1v) is 8.49. The van der Waals surface area contributed by atoms with E-state index in [2.05, 4.69) is 21.4 Å². The zero-order valence-electron chi connectivity index (χ0n) is 14.1. The van der Waals surface area contributed by atoms with Gasteiger partial charge in [0.25, 0.3) is 5.56 Å². The molecule has 2 aromatic heterocycles. The summed E-state index contributed by atoms with van der Waals surface area (Å²) in [7, 11) is 0. The van der Waals surface area contributed by atoms with Gasteiger partial charge in [-0.1, -0.05) is 24.3 Å². The molecule has 7 heteroatoms. The molecule has 130 valence electrons. The molecule has 7 nitrogen and oxygen atoms in total. The molecule has 5 rings (SSSR count). The highest BCUT2D eigenvalue weighted by Gasteiger charge is 2.32. The number of amides is 1. The molecule has 0 saturated heterocycles. The van der Waals surface area contributed by atoms with E-state index in [0.717, 1.165) is 16.6 Å². The van der Waals surface area contributed by atoms with Crippen LogP contribution in [0.5, 0.6) is 0 Å². The summed E-state index contributed by atoms with van der Waals surface area (Å²) in [6.07, 6.45) is 0.167. The normalized spacial score (nSPS) is 16.1. The molecule has 2 N–H and O–H groups in total. The summed E-state index contributed by atoms with van der Waals surface area (Å²) in [5.74, 6) is 0.283. The highest BCUT2D eigenvalue weighted by Crippen LogP contribution is 2.36. The quantitative estimate of drug-likeness (QED) is 0.547. The number of aromatic nitrogens is 3. The Morgan fingerprint density at radius 2 is 1.89 bits per heavy atom. The van der Waals surface area contributed by atoms with E-state index in [0.29, 0.717) is 22.7 Å². The van der Waals surface area contributed by atoms with E-state index in [9.17, 15) is 9.59 Å². The first-order valence-electron chi connectivity index (χ1n) is 8.49. The maximum Gasteiger partial charge on any atom is 0.258 e. The van der Waals surface area contributed by atoms with E-state index in [1.807, 2.05) is 24.3 Å². The van der Waals surface area contributed by atoms with E-state index in [1.165, 1.54) is 0 Å². The van der Waals surface area contributed by atoms with Crippen LogP contribution >= 0.6 is 0 Å². The molecule has 27 heavy (non-hydrogen) atoms. The van der Waals surface area contributed by atoms with Gasteiger partial charge in [0.1, 0.15) is 5.82 Å². The molecule has 3 heterocycles. The van der Waals surface area contributed by atoms with E-state index < -0.39 is 5.92 Å². The van der Waals surface area contributed by atoms with Crippen molar-refractivity contribution in [2.24, 2.45) is 0 Å². The van der Waals surface area contributed by atoms with Gasteiger partial charge < -0.3 is 5.32 Å². The van der Waals surface area contributed by atoms with Gasteiger partial charge in [0.15, 0.2) is 0 Å². The van der Waals surface area contributed by atoms with Gasteiger partial charge in [-0.15, -0.1) is 0 Å². The molecule has 2 aromatic carbocycles. The summed E-state index contributed by atoms with van der Waals surface area (Å²) < 4.78 is 1.78. The van der Waals surface area contributed by atoms with Crippen LogP contribution in [0, 0.1) is 11.3 Å². The summed E-state index contributed by atoms with van der Waals surface area (Å²) in [6.45, 7) is 0. The number of para-hydroxylation sites is 2. The molecule has 1 atom stereocenters. The van der Waals surface area contributed by atoms with Crippen molar-refractivity contribution in [2.75, 3.05) is 5.32 Å². The average Bonchev–Trinajstić information content (AvgIpc) is 3.05. The zero-order chi connectivity index (χ0) is 18.5. The first-order chi connectivity index (χ1) is 13.2. The fourth-order valence-electron chi connectivity index (χ4n) is 3.72. The Morgan fingerprint density at radius 1 is 1.11 bits per heavy atom. The van der Waals surface area contributed by atoms with Crippen LogP contribution in [-0.2, 0) is 4.79 Å². The van der Waals surface area contributed by atoms with Crippen molar-refractivity contribution in [2.45, 2.75) is 12.3 Å². The number of hydrogen-bond donors (Lipinski definition) is 2. The van der Waals surface area contributed by atoms with Crippen LogP contribution in [0.2, 0.25) is 0 Å². The number of aromatic amines is 1. The van der Waals surface area contributed by atoms with E-state index in [-0.39, 0.29) is 17.9 Å². The third-order valence-corrected chi connectivity index (χ3v) is 4.95. The number of H-pyrrole nitrogens is 1. The first kappa shape index (κ1) is 15.3. The molecular formula is C20H13N5O2. The SMILES string of the molecule is N#Cc1ccc([C@@H]2CC(=O)Nc3c2c(=O)[nH]c2nc4ccccc4n32)cc1. The Labute approximate surface area is 152 Å². The van der Waals surface area contributed by atoms with Gasteiger partial charge in [-0.25, -0.2) is 4.98 Å². The smallest absolute Gasteiger partial charge is 0.258 e. The second-order valence-corrected chi connectivity index (χ2v) is 6.51. The van der Waals surface area contributed by atoms with Gasteiger partial charge in [-0.3, -0.25) is 19.0 Å². The lowest BCUT2D eigenvalue weighted by Gasteiger charge is -2.25. The average molecular weight is 355 g/mol. The van der Waals surface area contributed by atoms with Crippen LogP contribution < -0.4 is 10.9 Å². The zero-order valence-corrected chi connectivity index (χ0v) is 14.1. The number of hydrogen-bond acceptors (Lipinski definition) is 4. The predicted molar refractivity (Wildman–Crippen MR) is 99.6 cm³/mol. The van der Waals surface area contributed by atoms with Crippen molar-refractivity contribution in [3.63, 3.8) is 0 Å². The fourth-order valence-corrected chi connectivity index (χ4v) is 3.72. The minimum Gasteiger partial charge on any atom is -0.311 e. The molecule has 0 spiro atoms. The third-order valence-electron chi connectivity index (χ3n) is 4.95. The largest absolute Gasteiger partial charge is 0.311 e. The lowest BCUT2D eigenvalue weighted by molar-refractivity contribution is -0.116. The number of carbonyl (C=O) groups excluding carboxylic acids is 1. The molecule has 1 aliphatic heterocycles. The minimum atomic E-state index is -0.393. The Hall–Kier alpha value is -3.92. The second kappa shape index (κ2) is 5.54. The summed E-state index contributed by atoms with van der Waals surface area (Å²) in [6, 6.07) is 16.6. The van der Waals surface area contributed by atoms with Gasteiger partial charge in [0.2, 0.25) is 11.7 Å². The van der Waals surface area contributed by atoms with Crippen molar-refractivity contribution < 1.29 is 4.79 Å². The van der Waals surface area contributed by atoms with Gasteiger partial charge in [0, 0.05) is 12.3 Å². The summed E-state index contributed by atoms with van der Waals surface area (Å²) in [5, 5.41) is 11.9. The van der Waals surface area contributed by atoms with Crippen molar-refractivity contribution in [1.82, 2.24) is 14.4 Å². The molecule has 1 aliphatic rings. The highest BCUT2D eigenvalue weighted by molar-refractivity contribution is 5.96. The van der Waals surface area contributed by atoms with Crippen molar-refractivity contribution in [1.29, 1.82) is 5.26 Å². The number of nitrogens with one attached hydrogen (secondary N) is 2. The number of anilines is 1. The van der Waals surface area contributed by atoms with Crippen molar-refractivity contribution >= 4 is 28.5 Å². The minimum absolute atomic E-state index is 0.165. The van der Waals surface area contributed by atoms with Crippen LogP contribution in [-0.4, -0.2) is 20.3 Å². The number of fused-ring (bicyclic) bond motifs is 5. The molecule has 0 saturated carbocycles. The van der Waals surface area contributed by atoms with Crippen LogP contribution in [0.4, 0.5) is 5.82 Å². The van der Waals surface area contributed by atoms with Gasteiger partial charge in [-0.05, 0) is 29.8 Å². The van der Waals surface area contributed by atoms with E-state index in [4.69, 9.17) is 5.26 Å². The van der Waals surface area contributed by atoms with Crippen molar-refractivity contribution in [3.05, 3.63) is 75.6 Å². The van der Waals surface area contributed by atoms with E-state index >= 15 is 0 Å². The second-order valence-electron chi connectivity index (χ2n) is 6.51. The van der Waals surface area contributed by atoms with Gasteiger partial charge >= 0.3 is 0 Å². The van der Waals surface area contributed by atoms with Gasteiger partial charge in [-0.2, -0.15) is 5.26 Å². The maximum atomic E-state index is 12.9. The Bertz CT molecular complexity index is 1320. The number of nitriles is 1. The Balaban J connectivity index is 1.82. The number of rotatable bonds is 1. The number of benzene rings is 2. The maximum absolute atomic E-state index is 12.9. The summed E-state index contributed by atoms with van der Waals surface area (Å²) >= 11 is 0. The molecule has 0 fully saturated rings. The molecular weight excluding hydrogens is 342 g/mol. The molecule has 0 radical (unpaired) electrons. The third kappa shape index (κ3) is 2.24. The Morgan fingerprint density at radius 3 is 2.67 bits per heavy atom. The van der Waals surface area contributed by atoms with Gasteiger partial charge in [0.05, 0.1) is 28.2 Å². The number of imidazole rings is 1. The predicted octanol–water partition coefficient (Wildman–Crippen LogP) is 2.52. The Kier molecular flexibility index (Phi) is 3.15. The van der Waals surface area contributed by atoms with Crippen LogP contribution in [0.25, 0.3) is 16.8 Å². The lowest BCUT2D eigenvalue weighted by Crippen LogP contribution is -2.32. The molecule has 0 unspecified atom stereocenters. The van der Waals surface area contributed by atoms with Crippen LogP contribution in [0.1, 0.15) is 29.0 Å². The summed E-state index contributed by atoms with van der Waals surface area (Å²) in [5.41, 5.74) is 3.11. The molecule has 0 bridgehead atoms. The topological polar surface area (TPSA) is 103 Å². The molecule has 1 amide bonds. The van der Waals surface area contributed by atoms with Crippen molar-refractivity contribution in [3.8, 4) is 6.07 Å². The molecule has 0 aliphatic carbocycles.